The van der Waals surface area contributed by atoms with E-state index in [2.05, 4.69) is 5.32 Å². The molecule has 9 heteroatoms. The van der Waals surface area contributed by atoms with Crippen molar-refractivity contribution in [1.82, 2.24) is 4.98 Å². The van der Waals surface area contributed by atoms with Crippen LogP contribution >= 0.6 is 22.9 Å². The number of esters is 1. The first-order valence-electron chi connectivity index (χ1n) is 11.8. The average Bonchev–Trinajstić information content (AvgIpc) is 3.39. The third kappa shape index (κ3) is 5.16. The number of methoxy groups -OCH3 is 3. The zero-order chi connectivity index (χ0) is 27.5. The number of amides is 1. The van der Waals surface area contributed by atoms with Crippen LogP contribution in [0.1, 0.15) is 20.7 Å². The van der Waals surface area contributed by atoms with E-state index in [-0.39, 0.29) is 5.56 Å². The molecule has 0 spiro atoms. The highest BCUT2D eigenvalue weighted by molar-refractivity contribution is 7.15. The summed E-state index contributed by atoms with van der Waals surface area (Å²) in [5.41, 5.74) is 3.98. The molecule has 0 fully saturated rings. The van der Waals surface area contributed by atoms with Crippen molar-refractivity contribution in [3.05, 3.63) is 94.3 Å². The van der Waals surface area contributed by atoms with Crippen molar-refractivity contribution in [3.63, 3.8) is 0 Å². The van der Waals surface area contributed by atoms with Gasteiger partial charge in [-0.05, 0) is 42.0 Å². The number of ether oxygens (including phenoxy) is 3. The van der Waals surface area contributed by atoms with Crippen LogP contribution in [0.2, 0.25) is 5.02 Å². The first kappa shape index (κ1) is 26.2. The van der Waals surface area contributed by atoms with E-state index in [1.54, 1.807) is 44.6 Å². The molecule has 0 aliphatic rings. The molecule has 2 aromatic heterocycles. The van der Waals surface area contributed by atoms with Crippen LogP contribution in [0.5, 0.6) is 11.5 Å². The molecule has 1 amide bonds. The monoisotopic (exact) mass is 558 g/mol. The van der Waals surface area contributed by atoms with Gasteiger partial charge in [-0.3, -0.25) is 4.79 Å². The van der Waals surface area contributed by atoms with Crippen molar-refractivity contribution >= 4 is 50.7 Å². The minimum atomic E-state index is -0.556. The molecule has 0 radical (unpaired) electrons. The molecule has 0 saturated heterocycles. The summed E-state index contributed by atoms with van der Waals surface area (Å²) in [5, 5.41) is 6.37. The van der Waals surface area contributed by atoms with Gasteiger partial charge in [0.1, 0.15) is 22.1 Å². The number of para-hydroxylation sites is 1. The van der Waals surface area contributed by atoms with E-state index in [0.717, 1.165) is 5.56 Å². The van der Waals surface area contributed by atoms with Gasteiger partial charge >= 0.3 is 5.97 Å². The van der Waals surface area contributed by atoms with Gasteiger partial charge in [-0.2, -0.15) is 0 Å². The van der Waals surface area contributed by atoms with Crippen molar-refractivity contribution in [1.29, 1.82) is 0 Å². The Balaban J connectivity index is 1.59. The number of nitrogens with zero attached hydrogens (tertiary/aromatic N) is 1. The topological polar surface area (TPSA) is 86.8 Å². The Morgan fingerprint density at radius 2 is 1.67 bits per heavy atom. The van der Waals surface area contributed by atoms with Gasteiger partial charge in [0.05, 0.1) is 38.1 Å². The molecule has 5 aromatic rings. The fourth-order valence-corrected chi connectivity index (χ4v) is 5.36. The van der Waals surface area contributed by atoms with Crippen molar-refractivity contribution < 1.29 is 23.8 Å². The number of hydrogen-bond donors (Lipinski definition) is 1. The van der Waals surface area contributed by atoms with Crippen molar-refractivity contribution in [2.75, 3.05) is 26.6 Å². The van der Waals surface area contributed by atoms with Crippen molar-refractivity contribution in [2.45, 2.75) is 0 Å². The van der Waals surface area contributed by atoms with Crippen LogP contribution in [0, 0.1) is 0 Å². The van der Waals surface area contributed by atoms with Crippen LogP contribution in [-0.4, -0.2) is 38.2 Å². The van der Waals surface area contributed by atoms with Crippen LogP contribution in [0.25, 0.3) is 33.3 Å². The number of fused-ring (bicyclic) bond motifs is 1. The van der Waals surface area contributed by atoms with Crippen LogP contribution in [0.15, 0.2) is 78.2 Å². The molecule has 0 atom stereocenters. The van der Waals surface area contributed by atoms with Crippen LogP contribution in [0.3, 0.4) is 0 Å². The Morgan fingerprint density at radius 3 is 2.38 bits per heavy atom. The van der Waals surface area contributed by atoms with E-state index in [1.165, 1.54) is 18.4 Å². The maximum absolute atomic E-state index is 13.8. The number of anilines is 1. The number of thiophene rings is 1. The SMILES string of the molecule is COC(=O)c1c(-c2ccc(Cl)cc2)csc1NC(=O)c1cc(-c2ccc(OC)cc2OC)nc2ccccc12. The number of aromatic nitrogens is 1. The van der Waals surface area contributed by atoms with E-state index in [9.17, 15) is 9.59 Å². The second-order valence-electron chi connectivity index (χ2n) is 8.44. The van der Waals surface area contributed by atoms with E-state index in [4.69, 9.17) is 30.8 Å². The smallest absolute Gasteiger partial charge is 0.341 e. The van der Waals surface area contributed by atoms with Gasteiger partial charge in [0.15, 0.2) is 0 Å². The van der Waals surface area contributed by atoms with Gasteiger partial charge in [-0.15, -0.1) is 11.3 Å². The molecule has 196 valence electrons. The summed E-state index contributed by atoms with van der Waals surface area (Å²) < 4.78 is 16.0. The Morgan fingerprint density at radius 1 is 0.897 bits per heavy atom. The number of rotatable bonds is 7. The summed E-state index contributed by atoms with van der Waals surface area (Å²) in [5.74, 6) is 0.248. The van der Waals surface area contributed by atoms with E-state index in [0.29, 0.717) is 54.8 Å². The summed E-state index contributed by atoms with van der Waals surface area (Å²) >= 11 is 7.29. The molecule has 0 saturated carbocycles. The Labute approximate surface area is 233 Å². The number of hydrogen-bond acceptors (Lipinski definition) is 7. The highest BCUT2D eigenvalue weighted by Crippen LogP contribution is 2.38. The number of benzene rings is 3. The third-order valence-corrected chi connectivity index (χ3v) is 7.36. The second kappa shape index (κ2) is 11.1. The van der Waals surface area contributed by atoms with E-state index >= 15 is 0 Å². The number of pyridine rings is 1. The highest BCUT2D eigenvalue weighted by atomic mass is 35.5. The largest absolute Gasteiger partial charge is 0.497 e. The minimum absolute atomic E-state index is 0.272. The molecular formula is C30H23ClN2O5S. The summed E-state index contributed by atoms with van der Waals surface area (Å²) in [7, 11) is 4.45. The fraction of sp³-hybridized carbons (Fsp3) is 0.100. The number of carbonyl (C=O) groups excluding carboxylic acids is 2. The molecule has 0 aliphatic carbocycles. The third-order valence-electron chi connectivity index (χ3n) is 6.21. The zero-order valence-corrected chi connectivity index (χ0v) is 22.9. The molecular weight excluding hydrogens is 536 g/mol. The summed E-state index contributed by atoms with van der Waals surface area (Å²) in [6, 6.07) is 21.6. The van der Waals surface area contributed by atoms with Crippen LogP contribution < -0.4 is 14.8 Å². The van der Waals surface area contributed by atoms with Crippen LogP contribution in [-0.2, 0) is 4.74 Å². The van der Waals surface area contributed by atoms with Crippen molar-refractivity contribution in [2.24, 2.45) is 0 Å². The molecule has 5 rings (SSSR count). The minimum Gasteiger partial charge on any atom is -0.497 e. The Bertz CT molecular complexity index is 1700. The first-order chi connectivity index (χ1) is 18.9. The van der Waals surface area contributed by atoms with Gasteiger partial charge in [-0.25, -0.2) is 9.78 Å². The summed E-state index contributed by atoms with van der Waals surface area (Å²) in [6.07, 6.45) is 0. The van der Waals surface area contributed by atoms with Gasteiger partial charge in [0.2, 0.25) is 0 Å². The average molecular weight is 559 g/mol. The normalized spacial score (nSPS) is 10.8. The molecule has 7 nitrogen and oxygen atoms in total. The quantitative estimate of drug-likeness (QED) is 0.210. The lowest BCUT2D eigenvalue weighted by atomic mass is 10.0. The summed E-state index contributed by atoms with van der Waals surface area (Å²) in [6.45, 7) is 0. The van der Waals surface area contributed by atoms with Gasteiger partial charge < -0.3 is 19.5 Å². The maximum Gasteiger partial charge on any atom is 0.341 e. The van der Waals surface area contributed by atoms with E-state index < -0.39 is 11.9 Å². The molecule has 3 aromatic carbocycles. The number of nitrogens with one attached hydrogen (secondary N) is 1. The predicted molar refractivity (Wildman–Crippen MR) is 154 cm³/mol. The fourth-order valence-electron chi connectivity index (χ4n) is 4.28. The first-order valence-corrected chi connectivity index (χ1v) is 13.1. The Kier molecular flexibility index (Phi) is 7.49. The maximum atomic E-state index is 13.8. The van der Waals surface area contributed by atoms with Crippen LogP contribution in [0.4, 0.5) is 5.00 Å². The van der Waals surface area contributed by atoms with Gasteiger partial charge in [-0.1, -0.05) is 41.9 Å². The predicted octanol–water partition coefficient (Wildman–Crippen LogP) is 7.34. The second-order valence-corrected chi connectivity index (χ2v) is 9.76. The lowest BCUT2D eigenvalue weighted by molar-refractivity contribution is 0.0603. The molecule has 39 heavy (non-hydrogen) atoms. The molecule has 2 heterocycles. The molecule has 0 aliphatic heterocycles. The number of carbonyl (C=O) groups is 2. The number of halogens is 1. The lowest BCUT2D eigenvalue weighted by Gasteiger charge is -2.13. The lowest BCUT2D eigenvalue weighted by Crippen LogP contribution is -2.15. The summed E-state index contributed by atoms with van der Waals surface area (Å²) in [4.78, 5) is 31.4. The molecule has 0 unspecified atom stereocenters. The Hall–Kier alpha value is -4.40. The highest BCUT2D eigenvalue weighted by Gasteiger charge is 2.24. The standard InChI is InChI=1S/C30H23ClN2O5S/c1-36-19-12-13-21(26(14-19)37-2)25-15-22(20-6-4-5-7-24(20)32-25)28(34)33-29-27(30(35)38-3)23(16-39-29)17-8-10-18(31)11-9-17/h4-16H,1-3H3,(H,33,34). The van der Waals surface area contributed by atoms with Crippen molar-refractivity contribution in [3.8, 4) is 33.9 Å². The zero-order valence-electron chi connectivity index (χ0n) is 21.3. The molecule has 1 N–H and O–H groups in total. The molecule has 0 bridgehead atoms. The van der Waals surface area contributed by atoms with Gasteiger partial charge in [0.25, 0.3) is 5.91 Å². The van der Waals surface area contributed by atoms with E-state index in [1.807, 2.05) is 47.8 Å². The van der Waals surface area contributed by atoms with Gasteiger partial charge in [0, 0.05) is 33.0 Å².